The summed E-state index contributed by atoms with van der Waals surface area (Å²) in [4.78, 5) is 25.6. The molecule has 0 aromatic heterocycles. The van der Waals surface area contributed by atoms with Crippen molar-refractivity contribution in [3.63, 3.8) is 0 Å². The van der Waals surface area contributed by atoms with E-state index in [2.05, 4.69) is 5.32 Å². The molecule has 0 radical (unpaired) electrons. The zero-order valence-corrected chi connectivity index (χ0v) is 11.8. The third-order valence-corrected chi connectivity index (χ3v) is 3.45. The van der Waals surface area contributed by atoms with E-state index in [1.54, 1.807) is 11.0 Å². The van der Waals surface area contributed by atoms with Crippen LogP contribution in [0.15, 0.2) is 24.3 Å². The number of hydrogen-bond donors (Lipinski definition) is 1. The predicted molar refractivity (Wildman–Crippen MR) is 73.6 cm³/mol. The number of hydrogen-bond acceptors (Lipinski definition) is 2. The molecule has 1 N–H and O–H groups in total. The minimum Gasteiger partial charge on any atom is -0.345 e. The third-order valence-electron chi connectivity index (χ3n) is 3.21. The molecule has 102 valence electrons. The maximum absolute atomic E-state index is 12.0. The van der Waals surface area contributed by atoms with Crippen molar-refractivity contribution < 1.29 is 9.59 Å². The third kappa shape index (κ3) is 3.07. The summed E-state index contributed by atoms with van der Waals surface area (Å²) in [7, 11) is 0. The molecule has 1 atom stereocenters. The second kappa shape index (κ2) is 5.61. The largest absolute Gasteiger partial charge is 0.345 e. The summed E-state index contributed by atoms with van der Waals surface area (Å²) in [5, 5.41) is 3.27. The van der Waals surface area contributed by atoms with E-state index in [1.165, 1.54) is 0 Å². The predicted octanol–water partition coefficient (Wildman–Crippen LogP) is 1.82. The topological polar surface area (TPSA) is 49.4 Å². The number of benzene rings is 1. The van der Waals surface area contributed by atoms with Crippen molar-refractivity contribution in [2.24, 2.45) is 5.92 Å². The number of carbonyl (C=O) groups is 2. The Labute approximate surface area is 117 Å². The standard InChI is InChI=1S/C14H17ClN2O2/c1-9(2)13-14(19)16-7-12(18)17(13)8-10-4-3-5-11(15)6-10/h3-6,9,13H,7-8H2,1-2H3,(H,16,19). The van der Waals surface area contributed by atoms with Crippen molar-refractivity contribution in [1.29, 1.82) is 0 Å². The summed E-state index contributed by atoms with van der Waals surface area (Å²) in [6, 6.07) is 6.94. The Morgan fingerprint density at radius 2 is 2.16 bits per heavy atom. The van der Waals surface area contributed by atoms with Gasteiger partial charge in [0.15, 0.2) is 0 Å². The molecule has 1 heterocycles. The number of nitrogens with one attached hydrogen (secondary N) is 1. The van der Waals surface area contributed by atoms with Crippen LogP contribution in [0.25, 0.3) is 0 Å². The Balaban J connectivity index is 2.23. The highest BCUT2D eigenvalue weighted by molar-refractivity contribution is 6.30. The highest BCUT2D eigenvalue weighted by Crippen LogP contribution is 2.19. The fourth-order valence-electron chi connectivity index (χ4n) is 2.35. The van der Waals surface area contributed by atoms with Gasteiger partial charge in [0.2, 0.25) is 11.8 Å². The molecule has 1 aromatic carbocycles. The van der Waals surface area contributed by atoms with Gasteiger partial charge in [0, 0.05) is 11.6 Å². The van der Waals surface area contributed by atoms with Crippen molar-refractivity contribution in [3.05, 3.63) is 34.9 Å². The minimum absolute atomic E-state index is 0.0572. The molecule has 1 unspecified atom stereocenters. The first-order chi connectivity index (χ1) is 8.99. The van der Waals surface area contributed by atoms with E-state index in [0.717, 1.165) is 5.56 Å². The van der Waals surface area contributed by atoms with Crippen molar-refractivity contribution >= 4 is 23.4 Å². The van der Waals surface area contributed by atoms with Crippen LogP contribution in [0.2, 0.25) is 5.02 Å². The van der Waals surface area contributed by atoms with E-state index < -0.39 is 6.04 Å². The molecule has 0 aliphatic carbocycles. The van der Waals surface area contributed by atoms with Crippen LogP contribution in [0, 0.1) is 5.92 Å². The Morgan fingerprint density at radius 3 is 2.79 bits per heavy atom. The summed E-state index contributed by atoms with van der Waals surface area (Å²) in [6.45, 7) is 4.36. The molecule has 1 aliphatic rings. The number of piperazine rings is 1. The van der Waals surface area contributed by atoms with E-state index in [0.29, 0.717) is 11.6 Å². The molecule has 1 aliphatic heterocycles. The lowest BCUT2D eigenvalue weighted by Gasteiger charge is -2.37. The van der Waals surface area contributed by atoms with Crippen LogP contribution in [-0.2, 0) is 16.1 Å². The van der Waals surface area contributed by atoms with Crippen LogP contribution in [0.4, 0.5) is 0 Å². The second-order valence-electron chi connectivity index (χ2n) is 5.06. The Bertz CT molecular complexity index is 502. The zero-order valence-electron chi connectivity index (χ0n) is 11.0. The average molecular weight is 281 g/mol. The number of rotatable bonds is 3. The van der Waals surface area contributed by atoms with Crippen LogP contribution in [0.5, 0.6) is 0 Å². The number of halogens is 1. The van der Waals surface area contributed by atoms with Crippen LogP contribution in [0.1, 0.15) is 19.4 Å². The van der Waals surface area contributed by atoms with Gasteiger partial charge in [-0.2, -0.15) is 0 Å². The number of carbonyl (C=O) groups excluding carboxylic acids is 2. The normalized spacial score (nSPS) is 19.8. The first-order valence-electron chi connectivity index (χ1n) is 6.30. The van der Waals surface area contributed by atoms with Crippen LogP contribution < -0.4 is 5.32 Å². The first kappa shape index (κ1) is 13.9. The molecule has 1 saturated heterocycles. The van der Waals surface area contributed by atoms with Gasteiger partial charge < -0.3 is 10.2 Å². The summed E-state index contributed by atoms with van der Waals surface area (Å²) in [5.74, 6) is -0.0710. The highest BCUT2D eigenvalue weighted by Gasteiger charge is 2.36. The van der Waals surface area contributed by atoms with Gasteiger partial charge in [-0.25, -0.2) is 0 Å². The van der Waals surface area contributed by atoms with Gasteiger partial charge in [-0.15, -0.1) is 0 Å². The van der Waals surface area contributed by atoms with Crippen molar-refractivity contribution in [1.82, 2.24) is 10.2 Å². The van der Waals surface area contributed by atoms with Gasteiger partial charge in [-0.3, -0.25) is 9.59 Å². The molecule has 0 bridgehead atoms. The van der Waals surface area contributed by atoms with Gasteiger partial charge in [-0.1, -0.05) is 37.6 Å². The molecular formula is C14H17ClN2O2. The molecule has 1 aromatic rings. The number of nitrogens with zero attached hydrogens (tertiary/aromatic N) is 1. The molecule has 19 heavy (non-hydrogen) atoms. The maximum atomic E-state index is 12.0. The van der Waals surface area contributed by atoms with Gasteiger partial charge in [0.1, 0.15) is 6.04 Å². The van der Waals surface area contributed by atoms with Gasteiger partial charge in [0.05, 0.1) is 6.54 Å². The lowest BCUT2D eigenvalue weighted by Crippen LogP contribution is -2.59. The molecule has 2 rings (SSSR count). The Kier molecular flexibility index (Phi) is 4.10. The monoisotopic (exact) mass is 280 g/mol. The average Bonchev–Trinajstić information content (AvgIpc) is 2.33. The zero-order chi connectivity index (χ0) is 14.0. The highest BCUT2D eigenvalue weighted by atomic mass is 35.5. The van der Waals surface area contributed by atoms with E-state index in [1.807, 2.05) is 32.0 Å². The lowest BCUT2D eigenvalue weighted by atomic mass is 9.98. The molecule has 0 saturated carbocycles. The Hall–Kier alpha value is -1.55. The molecule has 0 spiro atoms. The summed E-state index contributed by atoms with van der Waals surface area (Å²) in [6.07, 6.45) is 0. The lowest BCUT2D eigenvalue weighted by molar-refractivity contribution is -0.148. The maximum Gasteiger partial charge on any atom is 0.243 e. The van der Waals surface area contributed by atoms with Crippen molar-refractivity contribution in [2.75, 3.05) is 6.54 Å². The molecule has 4 nitrogen and oxygen atoms in total. The van der Waals surface area contributed by atoms with E-state index in [4.69, 9.17) is 11.6 Å². The minimum atomic E-state index is -0.416. The van der Waals surface area contributed by atoms with Crippen molar-refractivity contribution in [2.45, 2.75) is 26.4 Å². The van der Waals surface area contributed by atoms with E-state index in [9.17, 15) is 9.59 Å². The Morgan fingerprint density at radius 1 is 1.42 bits per heavy atom. The fraction of sp³-hybridized carbons (Fsp3) is 0.429. The second-order valence-corrected chi connectivity index (χ2v) is 5.49. The molecule has 2 amide bonds. The van der Waals surface area contributed by atoms with Gasteiger partial charge >= 0.3 is 0 Å². The molecule has 1 fully saturated rings. The van der Waals surface area contributed by atoms with Crippen LogP contribution in [0.3, 0.4) is 0 Å². The van der Waals surface area contributed by atoms with Gasteiger partial charge in [0.25, 0.3) is 0 Å². The SMILES string of the molecule is CC(C)C1C(=O)NCC(=O)N1Cc1cccc(Cl)c1. The van der Waals surface area contributed by atoms with Crippen LogP contribution >= 0.6 is 11.6 Å². The number of amides is 2. The smallest absolute Gasteiger partial charge is 0.243 e. The fourth-order valence-corrected chi connectivity index (χ4v) is 2.56. The molecule has 5 heteroatoms. The summed E-state index contributed by atoms with van der Waals surface area (Å²) < 4.78 is 0. The van der Waals surface area contributed by atoms with E-state index in [-0.39, 0.29) is 24.3 Å². The summed E-state index contributed by atoms with van der Waals surface area (Å²) >= 11 is 5.94. The van der Waals surface area contributed by atoms with Crippen LogP contribution in [-0.4, -0.2) is 29.3 Å². The van der Waals surface area contributed by atoms with Crippen molar-refractivity contribution in [3.8, 4) is 0 Å². The molecular weight excluding hydrogens is 264 g/mol. The van der Waals surface area contributed by atoms with Gasteiger partial charge in [-0.05, 0) is 23.6 Å². The van der Waals surface area contributed by atoms with E-state index >= 15 is 0 Å². The first-order valence-corrected chi connectivity index (χ1v) is 6.68. The quantitative estimate of drug-likeness (QED) is 0.918. The summed E-state index contributed by atoms with van der Waals surface area (Å²) in [5.41, 5.74) is 0.932.